The molecule has 7 nitrogen and oxygen atoms in total. The molecule has 1 saturated heterocycles. The highest BCUT2D eigenvalue weighted by molar-refractivity contribution is 7.76. The van der Waals surface area contributed by atoms with Crippen molar-refractivity contribution in [2.45, 2.75) is 63.8 Å². The summed E-state index contributed by atoms with van der Waals surface area (Å²) in [7, 11) is 0. The number of hydrogen-bond donors (Lipinski definition) is 3. The van der Waals surface area contributed by atoms with Crippen molar-refractivity contribution in [3.05, 3.63) is 35.4 Å². The Morgan fingerprint density at radius 1 is 1.16 bits per heavy atom. The molecule has 1 saturated carbocycles. The van der Waals surface area contributed by atoms with Crippen LogP contribution in [-0.4, -0.2) is 45.7 Å². The topological polar surface area (TPSA) is 96.5 Å². The van der Waals surface area contributed by atoms with Crippen molar-refractivity contribution in [1.82, 2.24) is 20.5 Å². The summed E-state index contributed by atoms with van der Waals surface area (Å²) in [5.41, 5.74) is 5.15. The number of fused-ring (bicyclic) bond motifs is 2. The van der Waals surface area contributed by atoms with Crippen molar-refractivity contribution in [2.75, 3.05) is 26.2 Å². The zero-order valence-corrected chi connectivity index (χ0v) is 19.4. The molecule has 4 rings (SSSR count). The number of hydrogen-bond acceptors (Lipinski definition) is 5. The van der Waals surface area contributed by atoms with Gasteiger partial charge < -0.3 is 14.8 Å². The maximum absolute atomic E-state index is 14.1. The molecule has 172 valence electrons. The van der Waals surface area contributed by atoms with Gasteiger partial charge in [-0.15, -0.1) is 0 Å². The van der Waals surface area contributed by atoms with E-state index in [4.69, 9.17) is 0 Å². The molecule has 1 aliphatic carbocycles. The summed E-state index contributed by atoms with van der Waals surface area (Å²) in [5.74, 6) is 0.645. The summed E-state index contributed by atoms with van der Waals surface area (Å²) in [6.45, 7) is 7.21. The number of carbonyl (C=O) groups excluding carboxylic acids is 1. The number of carbonyl (C=O) groups is 1. The van der Waals surface area contributed by atoms with Crippen molar-refractivity contribution in [1.29, 1.82) is 0 Å². The fraction of sp³-hybridized carbons (Fsp3) is 0.696. The first-order valence-electron chi connectivity index (χ1n) is 11.5. The lowest BCUT2D eigenvalue weighted by atomic mass is 9.63. The lowest BCUT2D eigenvalue weighted by Crippen LogP contribution is -2.59. The summed E-state index contributed by atoms with van der Waals surface area (Å²) < 4.78 is 21.7. The van der Waals surface area contributed by atoms with Gasteiger partial charge in [0.15, 0.2) is 0 Å². The third-order valence-electron chi connectivity index (χ3n) is 7.72. The molecule has 1 aromatic rings. The van der Waals surface area contributed by atoms with Crippen molar-refractivity contribution in [3.8, 4) is 0 Å². The Morgan fingerprint density at radius 2 is 1.84 bits per heavy atom. The Kier molecular flexibility index (Phi) is 6.84. The largest absolute Gasteiger partial charge is 0.759 e. The van der Waals surface area contributed by atoms with Crippen molar-refractivity contribution in [3.63, 3.8) is 0 Å². The molecular weight excluding hydrogens is 412 g/mol. The molecule has 0 aromatic heterocycles. The van der Waals surface area contributed by atoms with Gasteiger partial charge in [-0.2, -0.15) is 4.83 Å². The van der Waals surface area contributed by atoms with Crippen LogP contribution in [0.5, 0.6) is 0 Å². The van der Waals surface area contributed by atoms with Crippen molar-refractivity contribution in [2.24, 2.45) is 11.3 Å². The van der Waals surface area contributed by atoms with Gasteiger partial charge in [0.25, 0.3) is 0 Å². The smallest absolute Gasteiger partial charge is 0.233 e. The number of nitrogens with zero attached hydrogens (tertiary/aromatic N) is 1. The number of piperidine rings is 1. The molecule has 2 fully saturated rings. The fourth-order valence-electron chi connectivity index (χ4n) is 5.98. The SMILES string of the molecule is CC1(C)CCC(C2c3ccccc3C3(CCNCC3)C(=O)N2CCNNS(=O)[O-])CC1. The summed E-state index contributed by atoms with van der Waals surface area (Å²) in [4.78, 5) is 18.4. The van der Waals surface area contributed by atoms with E-state index in [1.807, 2.05) is 0 Å². The number of hydrazine groups is 1. The highest BCUT2D eigenvalue weighted by Gasteiger charge is 2.52. The van der Waals surface area contributed by atoms with E-state index in [0.717, 1.165) is 38.8 Å². The average molecular weight is 448 g/mol. The van der Waals surface area contributed by atoms with Crippen LogP contribution in [0.1, 0.15) is 69.5 Å². The Labute approximate surface area is 188 Å². The van der Waals surface area contributed by atoms with E-state index < -0.39 is 16.7 Å². The molecule has 1 amide bonds. The Bertz CT molecular complexity index is 815. The molecule has 3 aliphatic rings. The summed E-state index contributed by atoms with van der Waals surface area (Å²) in [6.07, 6.45) is 6.17. The quantitative estimate of drug-likeness (QED) is 0.353. The predicted octanol–water partition coefficient (Wildman–Crippen LogP) is 2.30. The van der Waals surface area contributed by atoms with E-state index in [0.29, 0.717) is 24.4 Å². The molecule has 3 N–H and O–H groups in total. The molecule has 1 spiro atoms. The molecule has 2 unspecified atom stereocenters. The van der Waals surface area contributed by atoms with Crippen LogP contribution in [0.25, 0.3) is 0 Å². The first-order chi connectivity index (χ1) is 14.8. The van der Waals surface area contributed by atoms with Crippen LogP contribution < -0.4 is 15.6 Å². The summed E-state index contributed by atoms with van der Waals surface area (Å²) >= 11 is -2.37. The third-order valence-corrected chi connectivity index (χ3v) is 8.03. The predicted molar refractivity (Wildman–Crippen MR) is 120 cm³/mol. The van der Waals surface area contributed by atoms with Crippen LogP contribution in [0.15, 0.2) is 24.3 Å². The number of nitrogens with one attached hydrogen (secondary N) is 3. The standard InChI is InChI=1S/C23H36N4O3S/c1-22(2)9-7-17(8-10-22)20-18-5-3-4-6-19(18)23(11-13-24-14-12-23)21(28)27(20)16-15-25-26-31(29)30/h3-6,17,20,24-26H,7-16H2,1-2H3,(H,29,30)/p-1. The minimum Gasteiger partial charge on any atom is -0.759 e. The van der Waals surface area contributed by atoms with E-state index in [-0.39, 0.29) is 11.9 Å². The molecule has 31 heavy (non-hydrogen) atoms. The molecular formula is C23H35N4O3S-. The van der Waals surface area contributed by atoms with E-state index in [9.17, 15) is 13.6 Å². The molecule has 1 aromatic carbocycles. The zero-order chi connectivity index (χ0) is 22.1. The normalized spacial score (nSPS) is 26.6. The maximum Gasteiger partial charge on any atom is 0.233 e. The average Bonchev–Trinajstić information content (AvgIpc) is 2.76. The second-order valence-corrected chi connectivity index (χ2v) is 10.8. The van der Waals surface area contributed by atoms with E-state index >= 15 is 0 Å². The van der Waals surface area contributed by atoms with Crippen LogP contribution in [0.3, 0.4) is 0 Å². The summed E-state index contributed by atoms with van der Waals surface area (Å²) in [6, 6.07) is 8.63. The van der Waals surface area contributed by atoms with Gasteiger partial charge in [0.1, 0.15) is 0 Å². The minimum absolute atomic E-state index is 0.0554. The lowest BCUT2D eigenvalue weighted by molar-refractivity contribution is -0.145. The van der Waals surface area contributed by atoms with E-state index in [1.54, 1.807) is 0 Å². The van der Waals surface area contributed by atoms with Gasteiger partial charge in [-0.1, -0.05) is 38.1 Å². The molecule has 2 heterocycles. The van der Waals surface area contributed by atoms with Gasteiger partial charge in [0.2, 0.25) is 5.91 Å². The molecule has 8 heteroatoms. The Balaban J connectivity index is 1.68. The van der Waals surface area contributed by atoms with Gasteiger partial charge in [-0.3, -0.25) is 9.00 Å². The second kappa shape index (κ2) is 9.27. The van der Waals surface area contributed by atoms with Crippen LogP contribution in [0.4, 0.5) is 0 Å². The van der Waals surface area contributed by atoms with Gasteiger partial charge in [0.05, 0.1) is 11.5 Å². The zero-order valence-electron chi connectivity index (χ0n) is 18.6. The first kappa shape index (κ1) is 22.9. The molecule has 0 bridgehead atoms. The van der Waals surface area contributed by atoms with Gasteiger partial charge in [-0.05, 0) is 74.1 Å². The molecule has 2 atom stereocenters. The third kappa shape index (κ3) is 4.59. The van der Waals surface area contributed by atoms with Crippen molar-refractivity contribution >= 4 is 17.2 Å². The maximum atomic E-state index is 14.1. The van der Waals surface area contributed by atoms with E-state index in [2.05, 4.69) is 58.6 Å². The van der Waals surface area contributed by atoms with Gasteiger partial charge in [-0.25, -0.2) is 5.43 Å². The Hall–Kier alpha value is -1.32. The van der Waals surface area contributed by atoms with Crippen LogP contribution in [0.2, 0.25) is 0 Å². The van der Waals surface area contributed by atoms with Crippen LogP contribution >= 0.6 is 0 Å². The van der Waals surface area contributed by atoms with Crippen LogP contribution in [0, 0.1) is 11.3 Å². The number of benzene rings is 1. The number of rotatable bonds is 6. The summed E-state index contributed by atoms with van der Waals surface area (Å²) in [5, 5.41) is 3.41. The second-order valence-electron chi connectivity index (χ2n) is 10.1. The fourth-order valence-corrected chi connectivity index (χ4v) is 6.20. The monoisotopic (exact) mass is 447 g/mol. The first-order valence-corrected chi connectivity index (χ1v) is 12.6. The van der Waals surface area contributed by atoms with Gasteiger partial charge in [0, 0.05) is 24.4 Å². The lowest BCUT2D eigenvalue weighted by Gasteiger charge is -2.52. The number of amides is 1. The van der Waals surface area contributed by atoms with Crippen molar-refractivity contribution < 1.29 is 13.6 Å². The highest BCUT2D eigenvalue weighted by atomic mass is 32.2. The minimum atomic E-state index is -2.37. The van der Waals surface area contributed by atoms with Gasteiger partial charge >= 0.3 is 0 Å². The van der Waals surface area contributed by atoms with Crippen LogP contribution in [-0.2, 0) is 21.5 Å². The highest BCUT2D eigenvalue weighted by Crippen LogP contribution is 2.51. The molecule has 0 radical (unpaired) electrons. The Morgan fingerprint density at radius 3 is 2.52 bits per heavy atom. The van der Waals surface area contributed by atoms with E-state index in [1.165, 1.54) is 24.0 Å². The molecule has 2 aliphatic heterocycles.